The van der Waals surface area contributed by atoms with Crippen molar-refractivity contribution in [2.75, 3.05) is 7.05 Å². The Kier molecular flexibility index (Phi) is 5.21. The van der Waals surface area contributed by atoms with Crippen molar-refractivity contribution in [1.29, 1.82) is 0 Å². The highest BCUT2D eigenvalue weighted by molar-refractivity contribution is 8.26. The highest BCUT2D eigenvalue weighted by Gasteiger charge is 2.28. The second kappa shape index (κ2) is 7.25. The Bertz CT molecular complexity index is 880. The number of hydrogen-bond donors (Lipinski definition) is 0. The molecular weight excluding hydrogens is 362 g/mol. The second-order valence-corrected chi connectivity index (χ2v) is 8.87. The first-order valence-corrected chi connectivity index (χ1v) is 9.56. The summed E-state index contributed by atoms with van der Waals surface area (Å²) < 4.78 is 6.54. The molecule has 0 radical (unpaired) electrons. The van der Waals surface area contributed by atoms with Gasteiger partial charge in [-0.05, 0) is 46.9 Å². The number of carbonyl (C=O) groups excluding carboxylic acids is 1. The maximum Gasteiger partial charge on any atom is 0.265 e. The van der Waals surface area contributed by atoms with Crippen molar-refractivity contribution in [3.05, 3.63) is 64.6 Å². The van der Waals surface area contributed by atoms with Gasteiger partial charge in [0.2, 0.25) is 0 Å². The molecule has 1 heterocycles. The van der Waals surface area contributed by atoms with Crippen LogP contribution in [0.15, 0.2) is 53.4 Å². The minimum atomic E-state index is -0.0657. The van der Waals surface area contributed by atoms with Gasteiger partial charge in [-0.25, -0.2) is 0 Å². The summed E-state index contributed by atoms with van der Waals surface area (Å²) in [7, 11) is 1.69. The van der Waals surface area contributed by atoms with Crippen molar-refractivity contribution < 1.29 is 9.53 Å². The van der Waals surface area contributed by atoms with E-state index in [9.17, 15) is 4.79 Å². The van der Waals surface area contributed by atoms with Crippen LogP contribution in [0.25, 0.3) is 6.08 Å². The second-order valence-electron chi connectivity index (χ2n) is 7.19. The van der Waals surface area contributed by atoms with Crippen molar-refractivity contribution in [1.82, 2.24) is 4.90 Å². The number of likely N-dealkylation sites (N-methyl/N-ethyl adjacent to an activating group) is 1. The van der Waals surface area contributed by atoms with E-state index in [0.717, 1.165) is 17.1 Å². The van der Waals surface area contributed by atoms with Crippen LogP contribution in [0, 0.1) is 0 Å². The van der Waals surface area contributed by atoms with E-state index in [0.29, 0.717) is 9.23 Å². The minimum Gasteiger partial charge on any atom is -0.457 e. The fourth-order valence-electron chi connectivity index (χ4n) is 2.52. The molecule has 1 fully saturated rings. The van der Waals surface area contributed by atoms with E-state index in [1.54, 1.807) is 7.05 Å². The largest absolute Gasteiger partial charge is 0.457 e. The minimum absolute atomic E-state index is 0.0657. The number of nitrogens with zero attached hydrogens (tertiary/aromatic N) is 1. The topological polar surface area (TPSA) is 29.5 Å². The molecule has 3 rings (SSSR count). The number of rotatable bonds is 3. The summed E-state index contributed by atoms with van der Waals surface area (Å²) >= 11 is 6.48. The number of thioether (sulfide) groups is 1. The van der Waals surface area contributed by atoms with Crippen LogP contribution in [0.5, 0.6) is 11.5 Å². The van der Waals surface area contributed by atoms with E-state index < -0.39 is 0 Å². The average Bonchev–Trinajstić information content (AvgIpc) is 2.82. The number of carbonyl (C=O) groups is 1. The van der Waals surface area contributed by atoms with Crippen LogP contribution >= 0.6 is 24.0 Å². The SMILES string of the molecule is CN1C(=O)/C(=C\c2cccc(Oc3ccc(C(C)(C)C)cc3)c2)SC1=S. The molecule has 1 amide bonds. The van der Waals surface area contributed by atoms with Gasteiger partial charge in [0.05, 0.1) is 4.91 Å². The predicted octanol–water partition coefficient (Wildman–Crippen LogP) is 5.61. The van der Waals surface area contributed by atoms with Crippen LogP contribution in [0.1, 0.15) is 31.9 Å². The molecule has 3 nitrogen and oxygen atoms in total. The van der Waals surface area contributed by atoms with Crippen molar-refractivity contribution >= 4 is 40.3 Å². The van der Waals surface area contributed by atoms with Crippen LogP contribution in [0.4, 0.5) is 0 Å². The molecule has 0 bridgehead atoms. The van der Waals surface area contributed by atoms with Crippen molar-refractivity contribution in [2.45, 2.75) is 26.2 Å². The number of amides is 1. The Hall–Kier alpha value is -2.11. The predicted molar refractivity (Wildman–Crippen MR) is 113 cm³/mol. The van der Waals surface area contributed by atoms with E-state index in [-0.39, 0.29) is 11.3 Å². The van der Waals surface area contributed by atoms with Gasteiger partial charge in [0.25, 0.3) is 5.91 Å². The van der Waals surface area contributed by atoms with Crippen LogP contribution in [-0.2, 0) is 10.2 Å². The molecule has 134 valence electrons. The summed E-state index contributed by atoms with van der Waals surface area (Å²) in [5, 5.41) is 0. The number of hydrogen-bond acceptors (Lipinski definition) is 4. The Balaban J connectivity index is 1.78. The first kappa shape index (κ1) is 18.7. The first-order valence-electron chi connectivity index (χ1n) is 8.34. The molecular formula is C21H21NO2S2. The van der Waals surface area contributed by atoms with Crippen molar-refractivity contribution in [3.63, 3.8) is 0 Å². The summed E-state index contributed by atoms with van der Waals surface area (Å²) in [4.78, 5) is 14.2. The first-order chi connectivity index (χ1) is 12.2. The fraction of sp³-hybridized carbons (Fsp3) is 0.238. The van der Waals surface area contributed by atoms with Crippen LogP contribution in [-0.4, -0.2) is 22.2 Å². The zero-order valence-corrected chi connectivity index (χ0v) is 16.9. The summed E-state index contributed by atoms with van der Waals surface area (Å²) in [5.41, 5.74) is 2.28. The van der Waals surface area contributed by atoms with Gasteiger partial charge in [-0.15, -0.1) is 0 Å². The van der Waals surface area contributed by atoms with Gasteiger partial charge in [0, 0.05) is 7.05 Å². The maximum absolute atomic E-state index is 12.1. The van der Waals surface area contributed by atoms with Gasteiger partial charge < -0.3 is 4.74 Å². The van der Waals surface area contributed by atoms with E-state index >= 15 is 0 Å². The van der Waals surface area contributed by atoms with Gasteiger partial charge in [-0.1, -0.05) is 69.0 Å². The molecule has 0 aromatic heterocycles. The highest BCUT2D eigenvalue weighted by Crippen LogP contribution is 2.32. The molecule has 2 aromatic carbocycles. The smallest absolute Gasteiger partial charge is 0.265 e. The number of ether oxygens (including phenoxy) is 1. The molecule has 1 aliphatic heterocycles. The van der Waals surface area contributed by atoms with Gasteiger partial charge >= 0.3 is 0 Å². The summed E-state index contributed by atoms with van der Waals surface area (Å²) in [6.45, 7) is 6.56. The molecule has 2 aromatic rings. The van der Waals surface area contributed by atoms with Gasteiger partial charge in [0.1, 0.15) is 15.8 Å². The van der Waals surface area contributed by atoms with Gasteiger partial charge in [0.15, 0.2) is 0 Å². The molecule has 5 heteroatoms. The molecule has 0 spiro atoms. The van der Waals surface area contributed by atoms with E-state index in [1.807, 2.05) is 42.5 Å². The molecule has 0 aliphatic carbocycles. The Morgan fingerprint density at radius 3 is 2.35 bits per heavy atom. The Labute approximate surface area is 164 Å². The molecule has 0 saturated carbocycles. The molecule has 0 N–H and O–H groups in total. The normalized spacial score (nSPS) is 16.5. The van der Waals surface area contributed by atoms with Crippen LogP contribution in [0.2, 0.25) is 0 Å². The molecule has 0 unspecified atom stereocenters. The third kappa shape index (κ3) is 4.17. The average molecular weight is 384 g/mol. The standard InChI is InChI=1S/C21H21NO2S2/c1-21(2,3)15-8-10-16(11-9-15)24-17-7-5-6-14(12-17)13-18-19(23)22(4)20(25)26-18/h5-13H,1-4H3/b18-13+. The lowest BCUT2D eigenvalue weighted by Gasteiger charge is -2.19. The third-order valence-corrected chi connectivity index (χ3v) is 5.58. The van der Waals surface area contributed by atoms with Gasteiger partial charge in [-0.2, -0.15) is 0 Å². The maximum atomic E-state index is 12.1. The van der Waals surface area contributed by atoms with E-state index in [1.165, 1.54) is 22.2 Å². The van der Waals surface area contributed by atoms with Gasteiger partial charge in [-0.3, -0.25) is 9.69 Å². The number of benzene rings is 2. The monoisotopic (exact) mass is 383 g/mol. The lowest BCUT2D eigenvalue weighted by Crippen LogP contribution is -2.22. The molecule has 26 heavy (non-hydrogen) atoms. The summed E-state index contributed by atoms with van der Waals surface area (Å²) in [6, 6.07) is 15.8. The van der Waals surface area contributed by atoms with Crippen LogP contribution < -0.4 is 4.74 Å². The molecule has 1 aliphatic rings. The lowest BCUT2D eigenvalue weighted by atomic mass is 9.87. The fourth-order valence-corrected chi connectivity index (χ4v) is 3.70. The third-order valence-electron chi connectivity index (χ3n) is 4.10. The van der Waals surface area contributed by atoms with Crippen LogP contribution in [0.3, 0.4) is 0 Å². The van der Waals surface area contributed by atoms with E-state index in [4.69, 9.17) is 17.0 Å². The zero-order valence-electron chi connectivity index (χ0n) is 15.3. The zero-order chi connectivity index (χ0) is 18.9. The summed E-state index contributed by atoms with van der Waals surface area (Å²) in [6.07, 6.45) is 1.85. The molecule has 0 atom stereocenters. The quantitative estimate of drug-likeness (QED) is 0.509. The summed E-state index contributed by atoms with van der Waals surface area (Å²) in [5.74, 6) is 1.45. The van der Waals surface area contributed by atoms with Crippen molar-refractivity contribution in [3.8, 4) is 11.5 Å². The van der Waals surface area contributed by atoms with Crippen molar-refractivity contribution in [2.24, 2.45) is 0 Å². The highest BCUT2D eigenvalue weighted by atomic mass is 32.2. The molecule has 1 saturated heterocycles. The van der Waals surface area contributed by atoms with E-state index in [2.05, 4.69) is 32.9 Å². The number of thiocarbonyl (C=S) groups is 1. The lowest BCUT2D eigenvalue weighted by molar-refractivity contribution is -0.121. The Morgan fingerprint density at radius 1 is 1.08 bits per heavy atom. The Morgan fingerprint density at radius 2 is 1.77 bits per heavy atom.